The van der Waals surface area contributed by atoms with E-state index in [0.29, 0.717) is 16.7 Å². The van der Waals surface area contributed by atoms with Crippen LogP contribution in [0.2, 0.25) is 0 Å². The fourth-order valence-electron chi connectivity index (χ4n) is 3.39. The van der Waals surface area contributed by atoms with E-state index in [9.17, 15) is 18.4 Å². The van der Waals surface area contributed by atoms with Gasteiger partial charge >= 0.3 is 5.69 Å². The number of nitrogens with zero attached hydrogens (tertiary/aromatic N) is 3. The van der Waals surface area contributed by atoms with E-state index >= 15 is 0 Å². The zero-order valence-electron chi connectivity index (χ0n) is 14.6. The number of amides is 1. The Morgan fingerprint density at radius 1 is 1.19 bits per heavy atom. The third-order valence-corrected chi connectivity index (χ3v) is 4.68. The van der Waals surface area contributed by atoms with E-state index < -0.39 is 18.0 Å². The van der Waals surface area contributed by atoms with Crippen molar-refractivity contribution in [3.63, 3.8) is 0 Å². The first-order valence-electron chi connectivity index (χ1n) is 8.57. The monoisotopic (exact) mass is 376 g/mol. The summed E-state index contributed by atoms with van der Waals surface area (Å²) in [5.74, 6) is -0.547. The number of anilines is 2. The van der Waals surface area contributed by atoms with Gasteiger partial charge in [-0.05, 0) is 31.0 Å². The van der Waals surface area contributed by atoms with Crippen LogP contribution in [0.3, 0.4) is 0 Å². The third-order valence-electron chi connectivity index (χ3n) is 4.68. The van der Waals surface area contributed by atoms with Crippen LogP contribution in [0, 0.1) is 0 Å². The predicted octanol–water partition coefficient (Wildman–Crippen LogP) is 2.38. The summed E-state index contributed by atoms with van der Waals surface area (Å²) in [7, 11) is 1.44. The maximum Gasteiger partial charge on any atom is 0.323 e. The average Bonchev–Trinajstić information content (AvgIpc) is 3.32. The third kappa shape index (κ3) is 3.18. The number of hydrogen-bond acceptors (Lipinski definition) is 4. The number of alkyl halides is 2. The topological polar surface area (TPSA) is 98.8 Å². The minimum absolute atomic E-state index is 0.0281. The Kier molecular flexibility index (Phi) is 4.17. The van der Waals surface area contributed by atoms with Gasteiger partial charge in [0.05, 0.1) is 22.4 Å². The molecule has 0 bridgehead atoms. The van der Waals surface area contributed by atoms with Crippen LogP contribution in [0.5, 0.6) is 0 Å². The van der Waals surface area contributed by atoms with Gasteiger partial charge in [-0.3, -0.25) is 9.48 Å². The summed E-state index contributed by atoms with van der Waals surface area (Å²) >= 11 is 0. The van der Waals surface area contributed by atoms with E-state index in [-0.39, 0.29) is 11.4 Å². The fourth-order valence-corrected chi connectivity index (χ4v) is 3.39. The molecule has 2 aromatic heterocycles. The van der Waals surface area contributed by atoms with Gasteiger partial charge in [0, 0.05) is 20.1 Å². The number of rotatable bonds is 4. The number of aromatic nitrogens is 4. The number of aromatic amines is 2. The first kappa shape index (κ1) is 17.3. The molecule has 0 saturated carbocycles. The highest BCUT2D eigenvalue weighted by Crippen LogP contribution is 2.32. The second-order valence-corrected chi connectivity index (χ2v) is 6.52. The number of hydrogen-bond donors (Lipinski definition) is 3. The number of nitrogens with one attached hydrogen (secondary N) is 3. The van der Waals surface area contributed by atoms with Gasteiger partial charge in [-0.1, -0.05) is 0 Å². The zero-order chi connectivity index (χ0) is 19.1. The molecular weight excluding hydrogens is 358 g/mol. The molecule has 1 fully saturated rings. The number of H-pyrrole nitrogens is 2. The second-order valence-electron chi connectivity index (χ2n) is 6.52. The molecule has 10 heteroatoms. The van der Waals surface area contributed by atoms with Crippen LogP contribution in [-0.2, 0) is 7.05 Å². The highest BCUT2D eigenvalue weighted by molar-refractivity contribution is 6.06. The number of carbonyl (C=O) groups is 1. The van der Waals surface area contributed by atoms with Crippen molar-refractivity contribution >= 4 is 28.3 Å². The lowest BCUT2D eigenvalue weighted by Crippen LogP contribution is -2.22. The van der Waals surface area contributed by atoms with Crippen molar-refractivity contribution < 1.29 is 13.6 Å². The van der Waals surface area contributed by atoms with E-state index in [1.807, 2.05) is 6.07 Å². The number of benzene rings is 1. The number of aryl methyl sites for hydroxylation is 1. The van der Waals surface area contributed by atoms with Gasteiger partial charge in [0.1, 0.15) is 11.4 Å². The summed E-state index contributed by atoms with van der Waals surface area (Å²) in [5, 5.41) is 6.44. The molecule has 0 unspecified atom stereocenters. The van der Waals surface area contributed by atoms with Crippen LogP contribution in [0.25, 0.3) is 11.0 Å². The van der Waals surface area contributed by atoms with Crippen LogP contribution < -0.4 is 15.9 Å². The summed E-state index contributed by atoms with van der Waals surface area (Å²) in [6.45, 7) is 1.68. The van der Waals surface area contributed by atoms with Crippen molar-refractivity contribution in [3.05, 3.63) is 40.1 Å². The summed E-state index contributed by atoms with van der Waals surface area (Å²) < 4.78 is 26.8. The molecule has 1 amide bonds. The summed E-state index contributed by atoms with van der Waals surface area (Å²) in [6, 6.07) is 4.55. The van der Waals surface area contributed by atoms with Gasteiger partial charge in [0.15, 0.2) is 0 Å². The van der Waals surface area contributed by atoms with Gasteiger partial charge in [-0.25, -0.2) is 13.6 Å². The van der Waals surface area contributed by atoms with Crippen molar-refractivity contribution in [2.24, 2.45) is 7.05 Å². The second kappa shape index (κ2) is 6.53. The molecule has 27 heavy (non-hydrogen) atoms. The highest BCUT2D eigenvalue weighted by atomic mass is 19.3. The minimum atomic E-state index is -2.75. The Morgan fingerprint density at radius 2 is 1.85 bits per heavy atom. The molecule has 4 rings (SSSR count). The number of fused-ring (bicyclic) bond motifs is 1. The first-order chi connectivity index (χ1) is 12.9. The van der Waals surface area contributed by atoms with Crippen molar-refractivity contribution in [3.8, 4) is 0 Å². The molecule has 0 atom stereocenters. The molecular formula is C17H18F2N6O2. The SMILES string of the molecule is Cn1nc(C(F)F)cc1C(=O)Nc1cc2[nH]c(=O)[nH]c2cc1N1CCCC1. The van der Waals surface area contributed by atoms with Crippen LogP contribution >= 0.6 is 0 Å². The van der Waals surface area contributed by atoms with Gasteiger partial charge in [-0.2, -0.15) is 5.10 Å². The van der Waals surface area contributed by atoms with E-state index in [0.717, 1.165) is 42.4 Å². The smallest absolute Gasteiger partial charge is 0.323 e. The fraction of sp³-hybridized carbons (Fsp3) is 0.353. The maximum atomic E-state index is 12.8. The lowest BCUT2D eigenvalue weighted by atomic mass is 10.2. The molecule has 1 aliphatic rings. The molecule has 3 aromatic rings. The summed E-state index contributed by atoms with van der Waals surface area (Å²) in [4.78, 5) is 31.8. The minimum Gasteiger partial charge on any atom is -0.370 e. The number of carbonyl (C=O) groups excluding carboxylic acids is 1. The molecule has 0 radical (unpaired) electrons. The predicted molar refractivity (Wildman–Crippen MR) is 96.5 cm³/mol. The molecule has 1 saturated heterocycles. The molecule has 3 N–H and O–H groups in total. The first-order valence-corrected chi connectivity index (χ1v) is 8.57. The van der Waals surface area contributed by atoms with E-state index in [1.165, 1.54) is 7.05 Å². The lowest BCUT2D eigenvalue weighted by molar-refractivity contribution is 0.101. The van der Waals surface area contributed by atoms with Crippen molar-refractivity contribution in [2.75, 3.05) is 23.3 Å². The van der Waals surface area contributed by atoms with Crippen LogP contribution in [-0.4, -0.2) is 38.7 Å². The summed E-state index contributed by atoms with van der Waals surface area (Å²) in [6.07, 6.45) is -0.678. The Balaban J connectivity index is 1.72. The number of halogens is 2. The Morgan fingerprint density at radius 3 is 2.48 bits per heavy atom. The lowest BCUT2D eigenvalue weighted by Gasteiger charge is -2.21. The zero-order valence-corrected chi connectivity index (χ0v) is 14.6. The average molecular weight is 376 g/mol. The Hall–Kier alpha value is -3.17. The Bertz CT molecular complexity index is 1060. The maximum absolute atomic E-state index is 12.8. The van der Waals surface area contributed by atoms with Gasteiger partial charge in [0.25, 0.3) is 12.3 Å². The molecule has 1 aliphatic heterocycles. The molecule has 142 valence electrons. The van der Waals surface area contributed by atoms with Gasteiger partial charge in [-0.15, -0.1) is 0 Å². The van der Waals surface area contributed by atoms with Crippen LogP contribution in [0.15, 0.2) is 23.0 Å². The van der Waals surface area contributed by atoms with Crippen molar-refractivity contribution in [1.29, 1.82) is 0 Å². The van der Waals surface area contributed by atoms with Gasteiger partial charge in [0.2, 0.25) is 0 Å². The molecule has 3 heterocycles. The Labute approximate surface area is 152 Å². The van der Waals surface area contributed by atoms with Gasteiger partial charge < -0.3 is 20.2 Å². The molecule has 0 aliphatic carbocycles. The normalized spacial score (nSPS) is 14.4. The molecule has 8 nitrogen and oxygen atoms in total. The highest BCUT2D eigenvalue weighted by Gasteiger charge is 2.22. The molecule has 0 spiro atoms. The molecule has 1 aromatic carbocycles. The van der Waals surface area contributed by atoms with Crippen molar-refractivity contribution in [1.82, 2.24) is 19.7 Å². The number of imidazole rings is 1. The van der Waals surface area contributed by atoms with E-state index in [1.54, 1.807) is 6.07 Å². The van der Waals surface area contributed by atoms with Crippen LogP contribution in [0.1, 0.15) is 35.4 Å². The van der Waals surface area contributed by atoms with E-state index in [2.05, 4.69) is 25.3 Å². The van der Waals surface area contributed by atoms with Crippen molar-refractivity contribution in [2.45, 2.75) is 19.3 Å². The van der Waals surface area contributed by atoms with Crippen LogP contribution in [0.4, 0.5) is 20.2 Å². The van der Waals surface area contributed by atoms with E-state index in [4.69, 9.17) is 0 Å². The largest absolute Gasteiger partial charge is 0.370 e. The summed E-state index contributed by atoms with van der Waals surface area (Å²) in [5.41, 5.74) is 1.71. The quantitative estimate of drug-likeness (QED) is 0.651. The standard InChI is InChI=1S/C17H18F2N6O2/c1-24-14(8-12(23-24)15(18)19)16(26)20-11-6-9-10(22-17(27)21-9)7-13(11)25-4-2-3-5-25/h6-8,15H,2-5H2,1H3,(H,20,26)(H2,21,22,27).